The van der Waals surface area contributed by atoms with Gasteiger partial charge in [-0.15, -0.1) is 0 Å². The Hall–Kier alpha value is -1.16. The minimum Gasteiger partial charge on any atom is -0.396 e. The SMILES string of the molecule is Cc1ccnc(NCC(C)CO)n1. The Morgan fingerprint density at radius 2 is 2.38 bits per heavy atom. The summed E-state index contributed by atoms with van der Waals surface area (Å²) in [5.74, 6) is 0.851. The molecule has 0 saturated carbocycles. The molecule has 1 unspecified atom stereocenters. The zero-order valence-corrected chi connectivity index (χ0v) is 7.99. The third-order valence-electron chi connectivity index (χ3n) is 1.72. The number of hydrogen-bond donors (Lipinski definition) is 2. The zero-order valence-electron chi connectivity index (χ0n) is 7.99. The van der Waals surface area contributed by atoms with E-state index >= 15 is 0 Å². The summed E-state index contributed by atoms with van der Waals surface area (Å²) in [6.45, 7) is 4.75. The molecule has 72 valence electrons. The van der Waals surface area contributed by atoms with Crippen molar-refractivity contribution in [1.82, 2.24) is 9.97 Å². The highest BCUT2D eigenvalue weighted by molar-refractivity contribution is 5.24. The zero-order chi connectivity index (χ0) is 9.68. The molecule has 0 fully saturated rings. The molecule has 4 nitrogen and oxygen atoms in total. The van der Waals surface area contributed by atoms with Crippen molar-refractivity contribution in [1.29, 1.82) is 0 Å². The smallest absolute Gasteiger partial charge is 0.222 e. The number of rotatable bonds is 4. The molecule has 0 amide bonds. The first kappa shape index (κ1) is 9.92. The van der Waals surface area contributed by atoms with Crippen molar-refractivity contribution in [2.45, 2.75) is 13.8 Å². The lowest BCUT2D eigenvalue weighted by Gasteiger charge is -2.08. The fourth-order valence-electron chi connectivity index (χ4n) is 0.864. The van der Waals surface area contributed by atoms with Gasteiger partial charge in [0.1, 0.15) is 0 Å². The second-order valence-electron chi connectivity index (χ2n) is 3.19. The van der Waals surface area contributed by atoms with Crippen LogP contribution in [0.4, 0.5) is 5.95 Å². The largest absolute Gasteiger partial charge is 0.396 e. The number of aromatic nitrogens is 2. The van der Waals surface area contributed by atoms with Crippen molar-refractivity contribution in [2.24, 2.45) is 5.92 Å². The standard InChI is InChI=1S/C9H15N3O/c1-7(6-13)5-11-9-10-4-3-8(2)12-9/h3-4,7,13H,5-6H2,1-2H3,(H,10,11,12). The molecular weight excluding hydrogens is 166 g/mol. The van der Waals surface area contributed by atoms with Gasteiger partial charge in [-0.3, -0.25) is 0 Å². The number of anilines is 1. The average molecular weight is 181 g/mol. The minimum atomic E-state index is 0.179. The molecule has 1 heterocycles. The van der Waals surface area contributed by atoms with Gasteiger partial charge in [-0.2, -0.15) is 0 Å². The molecule has 0 aromatic carbocycles. The second-order valence-corrected chi connectivity index (χ2v) is 3.19. The number of aryl methyl sites for hydroxylation is 1. The van der Waals surface area contributed by atoms with Gasteiger partial charge >= 0.3 is 0 Å². The van der Waals surface area contributed by atoms with E-state index < -0.39 is 0 Å². The van der Waals surface area contributed by atoms with Crippen LogP contribution in [-0.4, -0.2) is 28.2 Å². The first-order valence-corrected chi connectivity index (χ1v) is 4.36. The molecule has 4 heteroatoms. The van der Waals surface area contributed by atoms with E-state index in [0.717, 1.165) is 5.69 Å². The molecule has 0 radical (unpaired) electrons. The fraction of sp³-hybridized carbons (Fsp3) is 0.556. The Kier molecular flexibility index (Phi) is 3.64. The van der Waals surface area contributed by atoms with Crippen LogP contribution in [-0.2, 0) is 0 Å². The molecule has 1 rings (SSSR count). The van der Waals surface area contributed by atoms with Gasteiger partial charge in [-0.25, -0.2) is 9.97 Å². The monoisotopic (exact) mass is 181 g/mol. The molecule has 0 bridgehead atoms. The summed E-state index contributed by atoms with van der Waals surface area (Å²) < 4.78 is 0. The predicted molar refractivity (Wildman–Crippen MR) is 51.5 cm³/mol. The summed E-state index contributed by atoms with van der Waals surface area (Å²) in [5, 5.41) is 11.8. The van der Waals surface area contributed by atoms with E-state index in [1.807, 2.05) is 19.9 Å². The topological polar surface area (TPSA) is 58.0 Å². The fourth-order valence-corrected chi connectivity index (χ4v) is 0.864. The third kappa shape index (κ3) is 3.38. The van der Waals surface area contributed by atoms with E-state index in [0.29, 0.717) is 12.5 Å². The van der Waals surface area contributed by atoms with E-state index in [2.05, 4.69) is 15.3 Å². The molecule has 1 atom stereocenters. The van der Waals surface area contributed by atoms with Crippen molar-refractivity contribution >= 4 is 5.95 Å². The molecule has 13 heavy (non-hydrogen) atoms. The van der Waals surface area contributed by atoms with Crippen LogP contribution in [0.3, 0.4) is 0 Å². The molecule has 1 aromatic heterocycles. The molecular formula is C9H15N3O. The van der Waals surface area contributed by atoms with Gasteiger partial charge < -0.3 is 10.4 Å². The van der Waals surface area contributed by atoms with Gasteiger partial charge in [0, 0.05) is 25.0 Å². The van der Waals surface area contributed by atoms with Crippen LogP contribution in [0.1, 0.15) is 12.6 Å². The van der Waals surface area contributed by atoms with Gasteiger partial charge in [-0.1, -0.05) is 6.92 Å². The van der Waals surface area contributed by atoms with Crippen LogP contribution < -0.4 is 5.32 Å². The maximum absolute atomic E-state index is 8.79. The Balaban J connectivity index is 2.45. The van der Waals surface area contributed by atoms with Crippen molar-refractivity contribution in [2.75, 3.05) is 18.5 Å². The molecule has 0 spiro atoms. The average Bonchev–Trinajstić information content (AvgIpc) is 2.14. The van der Waals surface area contributed by atoms with E-state index in [1.54, 1.807) is 6.20 Å². The Bertz CT molecular complexity index is 265. The van der Waals surface area contributed by atoms with Crippen LogP contribution in [0.15, 0.2) is 12.3 Å². The molecule has 0 aliphatic carbocycles. The lowest BCUT2D eigenvalue weighted by molar-refractivity contribution is 0.244. The highest BCUT2D eigenvalue weighted by Gasteiger charge is 2.00. The Morgan fingerprint density at radius 3 is 3.00 bits per heavy atom. The number of aliphatic hydroxyl groups is 1. The quantitative estimate of drug-likeness (QED) is 0.722. The van der Waals surface area contributed by atoms with Crippen molar-refractivity contribution < 1.29 is 5.11 Å². The summed E-state index contributed by atoms with van der Waals surface area (Å²) in [7, 11) is 0. The number of hydrogen-bond acceptors (Lipinski definition) is 4. The van der Waals surface area contributed by atoms with Crippen LogP contribution in [0.5, 0.6) is 0 Å². The van der Waals surface area contributed by atoms with Crippen LogP contribution in [0.25, 0.3) is 0 Å². The lowest BCUT2D eigenvalue weighted by atomic mass is 10.2. The van der Waals surface area contributed by atoms with Crippen LogP contribution >= 0.6 is 0 Å². The molecule has 0 aliphatic heterocycles. The van der Waals surface area contributed by atoms with E-state index in [4.69, 9.17) is 5.11 Å². The summed E-state index contributed by atoms with van der Waals surface area (Å²) in [4.78, 5) is 8.22. The van der Waals surface area contributed by atoms with E-state index in [-0.39, 0.29) is 12.5 Å². The summed E-state index contributed by atoms with van der Waals surface area (Å²) >= 11 is 0. The first-order chi connectivity index (χ1) is 6.22. The lowest BCUT2D eigenvalue weighted by Crippen LogP contribution is -2.16. The molecule has 0 aliphatic rings. The maximum Gasteiger partial charge on any atom is 0.222 e. The summed E-state index contributed by atoms with van der Waals surface area (Å²) in [6.07, 6.45) is 1.72. The van der Waals surface area contributed by atoms with Gasteiger partial charge in [0.25, 0.3) is 0 Å². The Morgan fingerprint density at radius 1 is 1.62 bits per heavy atom. The molecule has 0 saturated heterocycles. The van der Waals surface area contributed by atoms with Gasteiger partial charge in [0.05, 0.1) is 0 Å². The molecule has 1 aromatic rings. The summed E-state index contributed by atoms with van der Waals surface area (Å²) in [5.41, 5.74) is 0.939. The predicted octanol–water partition coefficient (Wildman–Crippen LogP) is 0.825. The summed E-state index contributed by atoms with van der Waals surface area (Å²) in [6, 6.07) is 1.85. The minimum absolute atomic E-state index is 0.179. The van der Waals surface area contributed by atoms with Crippen molar-refractivity contribution in [3.8, 4) is 0 Å². The Labute approximate surface area is 78.0 Å². The number of nitrogens with zero attached hydrogens (tertiary/aromatic N) is 2. The van der Waals surface area contributed by atoms with Gasteiger partial charge in [-0.05, 0) is 18.9 Å². The van der Waals surface area contributed by atoms with Gasteiger partial charge in [0.2, 0.25) is 5.95 Å². The highest BCUT2D eigenvalue weighted by atomic mass is 16.3. The van der Waals surface area contributed by atoms with Gasteiger partial charge in [0.15, 0.2) is 0 Å². The first-order valence-electron chi connectivity index (χ1n) is 4.36. The number of aliphatic hydroxyl groups excluding tert-OH is 1. The normalized spacial score (nSPS) is 12.5. The third-order valence-corrected chi connectivity index (χ3v) is 1.72. The van der Waals surface area contributed by atoms with Crippen molar-refractivity contribution in [3.63, 3.8) is 0 Å². The maximum atomic E-state index is 8.79. The van der Waals surface area contributed by atoms with E-state index in [9.17, 15) is 0 Å². The van der Waals surface area contributed by atoms with E-state index in [1.165, 1.54) is 0 Å². The number of nitrogens with one attached hydrogen (secondary N) is 1. The highest BCUT2D eigenvalue weighted by Crippen LogP contribution is 2.00. The van der Waals surface area contributed by atoms with Crippen molar-refractivity contribution in [3.05, 3.63) is 18.0 Å². The second kappa shape index (κ2) is 4.77. The molecule has 2 N–H and O–H groups in total. The van der Waals surface area contributed by atoms with Crippen LogP contribution in [0.2, 0.25) is 0 Å². The van der Waals surface area contributed by atoms with Crippen LogP contribution in [0, 0.1) is 12.8 Å².